The number of hydrogen-bond acceptors (Lipinski definition) is 6. The van der Waals surface area contributed by atoms with Gasteiger partial charge in [-0.2, -0.15) is 4.98 Å². The first-order valence-electron chi connectivity index (χ1n) is 6.35. The van der Waals surface area contributed by atoms with E-state index in [0.29, 0.717) is 5.56 Å². The number of rotatable bonds is 7. The summed E-state index contributed by atoms with van der Waals surface area (Å²) in [5, 5.41) is 2.22. The molecule has 124 valence electrons. The second-order valence-corrected chi connectivity index (χ2v) is 6.19. The number of benzene rings is 1. The summed E-state index contributed by atoms with van der Waals surface area (Å²) in [5.74, 6) is -1.61. The SMILES string of the molecule is COP(=O)(Nc1nc(OCc2ccc(F)cc2)ncc1F)OC. The van der Waals surface area contributed by atoms with Gasteiger partial charge >= 0.3 is 13.8 Å². The van der Waals surface area contributed by atoms with Gasteiger partial charge in [0.1, 0.15) is 12.4 Å². The average Bonchev–Trinajstić information content (AvgIpc) is 2.57. The van der Waals surface area contributed by atoms with Gasteiger partial charge in [0.15, 0.2) is 11.6 Å². The molecule has 0 radical (unpaired) electrons. The molecule has 2 aromatic rings. The minimum absolute atomic E-state index is 0.0531. The van der Waals surface area contributed by atoms with E-state index >= 15 is 0 Å². The predicted octanol–water partition coefficient (Wildman–Crippen LogP) is 3.15. The van der Waals surface area contributed by atoms with E-state index in [9.17, 15) is 13.3 Å². The molecule has 23 heavy (non-hydrogen) atoms. The predicted molar refractivity (Wildman–Crippen MR) is 78.0 cm³/mol. The molecule has 0 aliphatic carbocycles. The molecule has 0 fully saturated rings. The molecular formula is C13H14F2N3O4P. The van der Waals surface area contributed by atoms with Gasteiger partial charge in [-0.1, -0.05) is 12.1 Å². The third kappa shape index (κ3) is 4.69. The molecular weight excluding hydrogens is 331 g/mol. The summed E-state index contributed by atoms with van der Waals surface area (Å²) in [5.41, 5.74) is 0.674. The van der Waals surface area contributed by atoms with E-state index in [1.165, 1.54) is 24.3 Å². The number of anilines is 1. The molecule has 0 aliphatic heterocycles. The van der Waals surface area contributed by atoms with Crippen molar-refractivity contribution in [3.8, 4) is 6.01 Å². The zero-order valence-electron chi connectivity index (χ0n) is 12.3. The van der Waals surface area contributed by atoms with Crippen LogP contribution in [0.1, 0.15) is 5.56 Å². The molecule has 10 heteroatoms. The summed E-state index contributed by atoms with van der Waals surface area (Å²) in [7, 11) is -1.43. The van der Waals surface area contributed by atoms with Crippen LogP contribution in [0.2, 0.25) is 0 Å². The van der Waals surface area contributed by atoms with E-state index < -0.39 is 13.6 Å². The number of ether oxygens (including phenoxy) is 1. The van der Waals surface area contributed by atoms with Gasteiger partial charge in [0, 0.05) is 14.2 Å². The molecule has 0 unspecified atom stereocenters. The Kier molecular flexibility index (Phi) is 5.59. The average molecular weight is 345 g/mol. The molecule has 0 saturated heterocycles. The lowest BCUT2D eigenvalue weighted by atomic mass is 10.2. The van der Waals surface area contributed by atoms with E-state index in [1.54, 1.807) is 0 Å². The summed E-state index contributed by atoms with van der Waals surface area (Å²) in [6.07, 6.45) is 0.852. The maximum atomic E-state index is 13.7. The van der Waals surface area contributed by atoms with E-state index in [4.69, 9.17) is 4.74 Å². The third-order valence-corrected chi connectivity index (χ3v) is 4.17. The maximum Gasteiger partial charge on any atom is 0.433 e. The molecule has 0 amide bonds. The van der Waals surface area contributed by atoms with Gasteiger partial charge in [0.05, 0.1) is 6.20 Å². The van der Waals surface area contributed by atoms with Crippen molar-refractivity contribution in [2.45, 2.75) is 6.61 Å². The van der Waals surface area contributed by atoms with Crippen molar-refractivity contribution in [1.29, 1.82) is 0 Å². The fraction of sp³-hybridized carbons (Fsp3) is 0.231. The number of halogens is 2. The smallest absolute Gasteiger partial charge is 0.433 e. The van der Waals surface area contributed by atoms with Crippen LogP contribution in [-0.4, -0.2) is 24.2 Å². The van der Waals surface area contributed by atoms with Crippen molar-refractivity contribution in [1.82, 2.24) is 9.97 Å². The molecule has 1 aromatic carbocycles. The zero-order valence-corrected chi connectivity index (χ0v) is 13.2. The first-order chi connectivity index (χ1) is 11.0. The van der Waals surface area contributed by atoms with Crippen LogP contribution in [0, 0.1) is 11.6 Å². The standard InChI is InChI=1S/C13H14F2N3O4P/c1-20-23(19,21-2)18-12-11(15)7-16-13(17-12)22-8-9-3-5-10(14)6-4-9/h3-7H,8H2,1-2H3,(H,16,17,18,19). The molecule has 7 nitrogen and oxygen atoms in total. The van der Waals surface area contributed by atoms with Gasteiger partial charge in [0.2, 0.25) is 0 Å². The molecule has 2 rings (SSSR count). The van der Waals surface area contributed by atoms with Crippen LogP contribution in [0.15, 0.2) is 30.5 Å². The second kappa shape index (κ2) is 7.45. The first-order valence-corrected chi connectivity index (χ1v) is 7.89. The van der Waals surface area contributed by atoms with Crippen molar-refractivity contribution in [3.63, 3.8) is 0 Å². The van der Waals surface area contributed by atoms with Crippen molar-refractivity contribution >= 4 is 13.6 Å². The number of nitrogens with one attached hydrogen (secondary N) is 1. The molecule has 0 aliphatic rings. The Morgan fingerprint density at radius 2 is 1.83 bits per heavy atom. The van der Waals surface area contributed by atoms with Gasteiger partial charge in [0.25, 0.3) is 0 Å². The summed E-state index contributed by atoms with van der Waals surface area (Å²) >= 11 is 0. The fourth-order valence-corrected chi connectivity index (χ4v) is 2.27. The van der Waals surface area contributed by atoms with Gasteiger partial charge in [-0.25, -0.2) is 18.3 Å². The van der Waals surface area contributed by atoms with Crippen LogP contribution in [0.25, 0.3) is 0 Å². The third-order valence-electron chi connectivity index (χ3n) is 2.73. The lowest BCUT2D eigenvalue weighted by Gasteiger charge is -2.15. The largest absolute Gasteiger partial charge is 0.459 e. The molecule has 1 N–H and O–H groups in total. The highest BCUT2D eigenvalue weighted by molar-refractivity contribution is 7.55. The van der Waals surface area contributed by atoms with Gasteiger partial charge in [-0.15, -0.1) is 0 Å². The van der Waals surface area contributed by atoms with E-state index in [0.717, 1.165) is 20.4 Å². The van der Waals surface area contributed by atoms with Crippen molar-refractivity contribution < 1.29 is 27.1 Å². The number of aromatic nitrogens is 2. The highest BCUT2D eigenvalue weighted by Gasteiger charge is 2.24. The normalized spacial score (nSPS) is 11.3. The highest BCUT2D eigenvalue weighted by Crippen LogP contribution is 2.46. The summed E-state index contributed by atoms with van der Waals surface area (Å²) in [4.78, 5) is 7.42. The molecule has 0 saturated carbocycles. The molecule has 0 bridgehead atoms. The van der Waals surface area contributed by atoms with Crippen molar-refractivity contribution in [2.75, 3.05) is 19.3 Å². The van der Waals surface area contributed by atoms with Gasteiger partial charge in [-0.3, -0.25) is 14.1 Å². The molecule has 0 atom stereocenters. The minimum atomic E-state index is -3.71. The highest BCUT2D eigenvalue weighted by atomic mass is 31.2. The Hall–Kier alpha value is -2.09. The quantitative estimate of drug-likeness (QED) is 0.772. The monoisotopic (exact) mass is 345 g/mol. The van der Waals surface area contributed by atoms with E-state index in [1.807, 2.05) is 0 Å². The maximum absolute atomic E-state index is 13.7. The van der Waals surface area contributed by atoms with Crippen molar-refractivity contribution in [2.24, 2.45) is 0 Å². The Balaban J connectivity index is 2.10. The Morgan fingerprint density at radius 1 is 1.17 bits per heavy atom. The fourth-order valence-electron chi connectivity index (χ4n) is 1.52. The summed E-state index contributed by atoms with van der Waals surface area (Å²) in [6, 6.07) is 5.47. The molecule has 1 heterocycles. The van der Waals surface area contributed by atoms with Crippen molar-refractivity contribution in [3.05, 3.63) is 47.7 Å². The van der Waals surface area contributed by atoms with Crippen LogP contribution in [0.4, 0.5) is 14.6 Å². The van der Waals surface area contributed by atoms with Gasteiger partial charge < -0.3 is 4.74 Å². The van der Waals surface area contributed by atoms with E-state index in [-0.39, 0.29) is 24.3 Å². The summed E-state index contributed by atoms with van der Waals surface area (Å²) < 4.78 is 53.0. The van der Waals surface area contributed by atoms with Crippen LogP contribution >= 0.6 is 7.75 Å². The Bertz CT molecular complexity index is 707. The lowest BCUT2D eigenvalue weighted by Crippen LogP contribution is -2.07. The van der Waals surface area contributed by atoms with Crippen LogP contribution in [0.3, 0.4) is 0 Å². The van der Waals surface area contributed by atoms with E-state index in [2.05, 4.69) is 24.1 Å². The first kappa shape index (κ1) is 17.3. The molecule has 0 spiro atoms. The topological polar surface area (TPSA) is 82.6 Å². The second-order valence-electron chi connectivity index (χ2n) is 4.24. The Morgan fingerprint density at radius 3 is 2.43 bits per heavy atom. The minimum Gasteiger partial charge on any atom is -0.459 e. The zero-order chi connectivity index (χ0) is 16.9. The van der Waals surface area contributed by atoms with Crippen LogP contribution < -0.4 is 9.82 Å². The molecule has 1 aromatic heterocycles. The number of hydrogen-bond donors (Lipinski definition) is 1. The lowest BCUT2D eigenvalue weighted by molar-refractivity contribution is 0.277. The van der Waals surface area contributed by atoms with Crippen LogP contribution in [0.5, 0.6) is 6.01 Å². The number of nitrogens with zero attached hydrogens (tertiary/aromatic N) is 2. The van der Waals surface area contributed by atoms with Crippen LogP contribution in [-0.2, 0) is 20.2 Å². The van der Waals surface area contributed by atoms with Gasteiger partial charge in [-0.05, 0) is 17.7 Å². The summed E-state index contributed by atoms with van der Waals surface area (Å²) in [6.45, 7) is 0.0531. The Labute approximate surface area is 131 Å².